The van der Waals surface area contributed by atoms with Gasteiger partial charge in [0.15, 0.2) is 11.8 Å². The minimum Gasteiger partial charge on any atom is -0.464 e. The maximum atomic E-state index is 10.9. The number of alkyl halides is 1. The lowest BCUT2D eigenvalue weighted by atomic mass is 10.2. The Balaban J connectivity index is 4.14. The molecule has 0 fully saturated rings. The molecule has 0 rings (SSSR count). The van der Waals surface area contributed by atoms with Gasteiger partial charge in [0.25, 0.3) is 0 Å². The van der Waals surface area contributed by atoms with Crippen molar-refractivity contribution in [2.24, 2.45) is 0 Å². The number of nitrogens with one attached hydrogen (secondary N) is 1. The van der Waals surface area contributed by atoms with Gasteiger partial charge in [-0.25, -0.2) is 4.79 Å². The average molecular weight is 196 g/mol. The smallest absolute Gasteiger partial charge is 0.333 e. The van der Waals surface area contributed by atoms with Gasteiger partial charge < -0.3 is 9.94 Å². The van der Waals surface area contributed by atoms with Gasteiger partial charge in [-0.05, 0) is 6.92 Å². The molecule has 0 amide bonds. The van der Waals surface area contributed by atoms with Gasteiger partial charge in [0.05, 0.1) is 12.5 Å². The van der Waals surface area contributed by atoms with Gasteiger partial charge in [0.2, 0.25) is 0 Å². The lowest BCUT2D eigenvalue weighted by molar-refractivity contribution is -0.151. The summed E-state index contributed by atoms with van der Waals surface area (Å²) in [5, 5.41) is 8.39. The molecule has 0 bridgehead atoms. The molecule has 0 saturated carbocycles. The van der Waals surface area contributed by atoms with Crippen molar-refractivity contribution in [3.63, 3.8) is 0 Å². The van der Waals surface area contributed by atoms with Crippen molar-refractivity contribution in [3.8, 4) is 0 Å². The van der Waals surface area contributed by atoms with Gasteiger partial charge in [-0.3, -0.25) is 4.79 Å². The molecule has 0 aliphatic rings. The third-order valence-electron chi connectivity index (χ3n) is 1.11. The number of rotatable bonds is 5. The Morgan fingerprint density at radius 3 is 2.58 bits per heavy atom. The number of carbonyl (C=O) groups excluding carboxylic acids is 2. The maximum Gasteiger partial charge on any atom is 0.333 e. The zero-order valence-electron chi connectivity index (χ0n) is 6.54. The van der Waals surface area contributed by atoms with E-state index in [4.69, 9.17) is 16.8 Å². The van der Waals surface area contributed by atoms with Crippen LogP contribution in [-0.2, 0) is 14.3 Å². The van der Waals surface area contributed by atoms with Crippen LogP contribution < -0.4 is 5.48 Å². The zero-order valence-corrected chi connectivity index (χ0v) is 7.30. The van der Waals surface area contributed by atoms with Gasteiger partial charge in [-0.15, -0.1) is 11.6 Å². The Morgan fingerprint density at radius 1 is 1.67 bits per heavy atom. The summed E-state index contributed by atoms with van der Waals surface area (Å²) in [6, 6.07) is -1.37. The molecule has 0 heterocycles. The number of esters is 1. The van der Waals surface area contributed by atoms with E-state index >= 15 is 0 Å². The normalized spacial score (nSPS) is 12.2. The number of ketones is 1. The van der Waals surface area contributed by atoms with Crippen LogP contribution in [0.15, 0.2) is 0 Å². The van der Waals surface area contributed by atoms with Gasteiger partial charge in [-0.1, -0.05) is 0 Å². The molecule has 0 spiro atoms. The number of hydrogen-bond donors (Lipinski definition) is 2. The van der Waals surface area contributed by atoms with E-state index in [0.717, 1.165) is 0 Å². The first-order chi connectivity index (χ1) is 5.67. The quantitative estimate of drug-likeness (QED) is 0.273. The second-order valence-corrected chi connectivity index (χ2v) is 2.18. The predicted octanol–water partition coefficient (Wildman–Crippen LogP) is -0.295. The average Bonchev–Trinajstić information content (AvgIpc) is 2.06. The van der Waals surface area contributed by atoms with Crippen LogP contribution in [0.3, 0.4) is 0 Å². The molecule has 0 aromatic rings. The van der Waals surface area contributed by atoms with Gasteiger partial charge in [-0.2, -0.15) is 5.48 Å². The molecule has 0 saturated heterocycles. The van der Waals surface area contributed by atoms with Crippen molar-refractivity contribution in [2.75, 3.05) is 12.5 Å². The van der Waals surface area contributed by atoms with Crippen molar-refractivity contribution in [1.29, 1.82) is 0 Å². The summed E-state index contributed by atoms with van der Waals surface area (Å²) in [7, 11) is 0. The van der Waals surface area contributed by atoms with Crippen LogP contribution in [0, 0.1) is 0 Å². The molecule has 1 atom stereocenters. The molecule has 70 valence electrons. The third-order valence-corrected chi connectivity index (χ3v) is 1.37. The number of halogens is 1. The molecule has 0 aliphatic heterocycles. The first kappa shape index (κ1) is 11.4. The molecule has 1 unspecified atom stereocenters. The van der Waals surface area contributed by atoms with Crippen LogP contribution in [0.1, 0.15) is 6.92 Å². The van der Waals surface area contributed by atoms with Crippen LogP contribution in [-0.4, -0.2) is 35.5 Å². The summed E-state index contributed by atoms with van der Waals surface area (Å²) in [6.45, 7) is 1.74. The summed E-state index contributed by atoms with van der Waals surface area (Å²) in [5.74, 6) is -1.81. The van der Waals surface area contributed by atoms with Crippen molar-refractivity contribution >= 4 is 23.4 Å². The molecule has 5 nitrogen and oxygen atoms in total. The van der Waals surface area contributed by atoms with Crippen molar-refractivity contribution in [3.05, 3.63) is 0 Å². The molecule has 0 radical (unpaired) electrons. The summed E-state index contributed by atoms with van der Waals surface area (Å²) in [4.78, 5) is 21.7. The first-order valence-electron chi connectivity index (χ1n) is 3.32. The van der Waals surface area contributed by atoms with E-state index in [1.54, 1.807) is 6.92 Å². The fraction of sp³-hybridized carbons (Fsp3) is 0.667. The molecule has 12 heavy (non-hydrogen) atoms. The molecule has 0 aliphatic carbocycles. The summed E-state index contributed by atoms with van der Waals surface area (Å²) in [5.41, 5.74) is 1.53. The zero-order chi connectivity index (χ0) is 9.56. The number of ether oxygens (including phenoxy) is 1. The Hall–Kier alpha value is -0.650. The topological polar surface area (TPSA) is 75.6 Å². The molecule has 0 aromatic heterocycles. The molecular formula is C6H10ClNO4. The van der Waals surface area contributed by atoms with Crippen LogP contribution >= 0.6 is 11.6 Å². The fourth-order valence-electron chi connectivity index (χ4n) is 0.559. The van der Waals surface area contributed by atoms with Crippen LogP contribution in [0.25, 0.3) is 0 Å². The van der Waals surface area contributed by atoms with Crippen LogP contribution in [0.4, 0.5) is 0 Å². The lowest BCUT2D eigenvalue weighted by Gasteiger charge is -2.10. The first-order valence-corrected chi connectivity index (χ1v) is 3.85. The second-order valence-electron chi connectivity index (χ2n) is 1.91. The summed E-state index contributed by atoms with van der Waals surface area (Å²) >= 11 is 5.16. The number of hydrogen-bond acceptors (Lipinski definition) is 5. The van der Waals surface area contributed by atoms with Crippen molar-refractivity contribution in [1.82, 2.24) is 5.48 Å². The second kappa shape index (κ2) is 5.93. The van der Waals surface area contributed by atoms with E-state index in [0.29, 0.717) is 0 Å². The number of hydroxylamine groups is 1. The number of carbonyl (C=O) groups is 2. The monoisotopic (exact) mass is 195 g/mol. The minimum atomic E-state index is -1.37. The van der Waals surface area contributed by atoms with Crippen LogP contribution in [0.5, 0.6) is 0 Å². The van der Waals surface area contributed by atoms with Crippen LogP contribution in [0.2, 0.25) is 0 Å². The standard InChI is InChI=1S/C6H10ClNO4/c1-2-12-6(10)5(8-11)4(9)3-7/h5,8,11H,2-3H2,1H3. The van der Waals surface area contributed by atoms with E-state index in [-0.39, 0.29) is 12.5 Å². The Labute approximate surface area is 74.6 Å². The highest BCUT2D eigenvalue weighted by Crippen LogP contribution is 1.93. The third kappa shape index (κ3) is 3.17. The minimum absolute atomic E-state index is 0.145. The summed E-state index contributed by atoms with van der Waals surface area (Å²) < 4.78 is 4.48. The number of Topliss-reactive ketones (excluding diaryl/α,β-unsaturated/α-hetero) is 1. The highest BCUT2D eigenvalue weighted by atomic mass is 35.5. The SMILES string of the molecule is CCOC(=O)C(NO)C(=O)CCl. The Morgan fingerprint density at radius 2 is 2.25 bits per heavy atom. The largest absolute Gasteiger partial charge is 0.464 e. The van der Waals surface area contributed by atoms with E-state index < -0.39 is 17.8 Å². The molecule has 6 heteroatoms. The van der Waals surface area contributed by atoms with Gasteiger partial charge in [0, 0.05) is 0 Å². The lowest BCUT2D eigenvalue weighted by Crippen LogP contribution is -2.43. The highest BCUT2D eigenvalue weighted by Gasteiger charge is 2.25. The van der Waals surface area contributed by atoms with Gasteiger partial charge in [0.1, 0.15) is 0 Å². The van der Waals surface area contributed by atoms with E-state index in [1.165, 1.54) is 5.48 Å². The van der Waals surface area contributed by atoms with E-state index in [2.05, 4.69) is 4.74 Å². The van der Waals surface area contributed by atoms with E-state index in [9.17, 15) is 9.59 Å². The molecular weight excluding hydrogens is 186 g/mol. The molecule has 2 N–H and O–H groups in total. The highest BCUT2D eigenvalue weighted by molar-refractivity contribution is 6.30. The van der Waals surface area contributed by atoms with Crippen molar-refractivity contribution < 1.29 is 19.5 Å². The Kier molecular flexibility index (Phi) is 5.61. The molecule has 0 aromatic carbocycles. The van der Waals surface area contributed by atoms with E-state index in [1.807, 2.05) is 0 Å². The predicted molar refractivity (Wildman–Crippen MR) is 41.1 cm³/mol. The summed E-state index contributed by atoms with van der Waals surface area (Å²) in [6.07, 6.45) is 0. The fourth-order valence-corrected chi connectivity index (χ4v) is 0.713. The van der Waals surface area contributed by atoms with Crippen molar-refractivity contribution in [2.45, 2.75) is 13.0 Å². The Bertz CT molecular complexity index is 173. The van der Waals surface area contributed by atoms with Gasteiger partial charge >= 0.3 is 5.97 Å². The maximum absolute atomic E-state index is 10.9.